The molecule has 0 aliphatic carbocycles. The molecule has 1 saturated heterocycles. The molecular formula is C13H22F2N4. The number of nitrogens with one attached hydrogen (secondary N) is 1. The van der Waals surface area contributed by atoms with Crippen LogP contribution in [0.5, 0.6) is 0 Å². The van der Waals surface area contributed by atoms with Crippen LogP contribution >= 0.6 is 0 Å². The quantitative estimate of drug-likeness (QED) is 0.893. The second-order valence-corrected chi connectivity index (χ2v) is 5.39. The van der Waals surface area contributed by atoms with E-state index in [1.807, 2.05) is 0 Å². The van der Waals surface area contributed by atoms with Gasteiger partial charge in [-0.2, -0.15) is 5.10 Å². The molecule has 0 amide bonds. The SMILES string of the molecule is CC(Nc1ccn(CC(F)F)n1)C1CCN(C)CC1. The average molecular weight is 272 g/mol. The van der Waals surface area contributed by atoms with Crippen LogP contribution in [-0.2, 0) is 6.54 Å². The Morgan fingerprint density at radius 1 is 1.42 bits per heavy atom. The molecule has 108 valence electrons. The lowest BCUT2D eigenvalue weighted by Crippen LogP contribution is -2.37. The van der Waals surface area contributed by atoms with Crippen LogP contribution in [0.15, 0.2) is 12.3 Å². The number of hydrogen-bond donors (Lipinski definition) is 1. The number of halogens is 2. The number of alkyl halides is 2. The summed E-state index contributed by atoms with van der Waals surface area (Å²) in [6, 6.07) is 2.08. The Morgan fingerprint density at radius 3 is 2.74 bits per heavy atom. The highest BCUT2D eigenvalue weighted by Gasteiger charge is 2.22. The highest BCUT2D eigenvalue weighted by atomic mass is 19.3. The maximum atomic E-state index is 12.2. The number of rotatable bonds is 5. The topological polar surface area (TPSA) is 33.1 Å². The second-order valence-electron chi connectivity index (χ2n) is 5.39. The number of aromatic nitrogens is 2. The van der Waals surface area contributed by atoms with Crippen molar-refractivity contribution in [2.45, 2.75) is 38.8 Å². The summed E-state index contributed by atoms with van der Waals surface area (Å²) < 4.78 is 25.8. The fourth-order valence-corrected chi connectivity index (χ4v) is 2.56. The number of likely N-dealkylation sites (tertiary alicyclic amines) is 1. The van der Waals surface area contributed by atoms with Crippen molar-refractivity contribution in [2.24, 2.45) is 5.92 Å². The first-order valence-electron chi connectivity index (χ1n) is 6.81. The standard InChI is InChI=1S/C13H22F2N4/c1-10(11-3-6-18(2)7-4-11)16-13-5-8-19(17-13)9-12(14)15/h5,8,10-12H,3-4,6-7,9H2,1-2H3,(H,16,17). The van der Waals surface area contributed by atoms with Gasteiger partial charge in [0, 0.05) is 18.3 Å². The Bertz CT molecular complexity index is 386. The summed E-state index contributed by atoms with van der Waals surface area (Å²) in [6.07, 6.45) is 1.57. The van der Waals surface area contributed by atoms with Gasteiger partial charge in [0.25, 0.3) is 6.43 Å². The summed E-state index contributed by atoms with van der Waals surface area (Å²) in [5.41, 5.74) is 0. The van der Waals surface area contributed by atoms with Gasteiger partial charge in [-0.25, -0.2) is 8.78 Å². The summed E-state index contributed by atoms with van der Waals surface area (Å²) in [7, 11) is 2.14. The first-order chi connectivity index (χ1) is 9.04. The summed E-state index contributed by atoms with van der Waals surface area (Å²) in [5.74, 6) is 1.31. The normalized spacial score (nSPS) is 19.8. The Morgan fingerprint density at radius 2 is 2.11 bits per heavy atom. The fraction of sp³-hybridized carbons (Fsp3) is 0.769. The highest BCUT2D eigenvalue weighted by molar-refractivity contribution is 5.33. The smallest absolute Gasteiger partial charge is 0.257 e. The minimum Gasteiger partial charge on any atom is -0.366 e. The summed E-state index contributed by atoms with van der Waals surface area (Å²) in [4.78, 5) is 2.33. The monoisotopic (exact) mass is 272 g/mol. The maximum Gasteiger partial charge on any atom is 0.257 e. The largest absolute Gasteiger partial charge is 0.366 e. The molecular weight excluding hydrogens is 250 g/mol. The van der Waals surface area contributed by atoms with Gasteiger partial charge in [0.1, 0.15) is 12.4 Å². The molecule has 1 aromatic heterocycles. The molecule has 1 fully saturated rings. The van der Waals surface area contributed by atoms with Crippen molar-refractivity contribution >= 4 is 5.82 Å². The lowest BCUT2D eigenvalue weighted by atomic mass is 9.90. The lowest BCUT2D eigenvalue weighted by Gasteiger charge is -2.33. The van der Waals surface area contributed by atoms with Crippen molar-refractivity contribution in [3.8, 4) is 0 Å². The molecule has 0 saturated carbocycles. The van der Waals surface area contributed by atoms with Crippen LogP contribution in [0.25, 0.3) is 0 Å². The zero-order valence-electron chi connectivity index (χ0n) is 11.5. The van der Waals surface area contributed by atoms with E-state index in [0.29, 0.717) is 17.8 Å². The van der Waals surface area contributed by atoms with Crippen LogP contribution < -0.4 is 5.32 Å². The Kier molecular flexibility index (Phi) is 4.74. The van der Waals surface area contributed by atoms with Crippen LogP contribution in [0.1, 0.15) is 19.8 Å². The van der Waals surface area contributed by atoms with Crippen LogP contribution in [0.4, 0.5) is 14.6 Å². The predicted octanol–water partition coefficient (Wildman–Crippen LogP) is 2.29. The molecule has 1 aromatic rings. The van der Waals surface area contributed by atoms with E-state index >= 15 is 0 Å². The van der Waals surface area contributed by atoms with Gasteiger partial charge < -0.3 is 10.2 Å². The summed E-state index contributed by atoms with van der Waals surface area (Å²) in [5, 5.41) is 7.44. The number of piperidine rings is 1. The average Bonchev–Trinajstić information content (AvgIpc) is 2.76. The molecule has 1 unspecified atom stereocenters. The van der Waals surface area contributed by atoms with Gasteiger partial charge in [0.2, 0.25) is 0 Å². The molecule has 6 heteroatoms. The Hall–Kier alpha value is -1.17. The third-order valence-corrected chi connectivity index (χ3v) is 3.81. The van der Waals surface area contributed by atoms with Gasteiger partial charge in [-0.15, -0.1) is 0 Å². The van der Waals surface area contributed by atoms with E-state index in [4.69, 9.17) is 0 Å². The summed E-state index contributed by atoms with van der Waals surface area (Å²) >= 11 is 0. The third-order valence-electron chi connectivity index (χ3n) is 3.81. The molecule has 1 atom stereocenters. The van der Waals surface area contributed by atoms with Crippen molar-refractivity contribution in [3.05, 3.63) is 12.3 Å². The molecule has 4 nitrogen and oxygen atoms in total. The van der Waals surface area contributed by atoms with Gasteiger partial charge in [-0.05, 0) is 45.8 Å². The van der Waals surface area contributed by atoms with E-state index in [1.165, 1.54) is 17.5 Å². The molecule has 2 rings (SSSR count). The van der Waals surface area contributed by atoms with Gasteiger partial charge >= 0.3 is 0 Å². The minimum absolute atomic E-state index is 0.323. The van der Waals surface area contributed by atoms with E-state index in [-0.39, 0.29) is 6.54 Å². The minimum atomic E-state index is -2.36. The van der Waals surface area contributed by atoms with Gasteiger partial charge in [-0.3, -0.25) is 4.68 Å². The van der Waals surface area contributed by atoms with Crippen molar-refractivity contribution in [3.63, 3.8) is 0 Å². The molecule has 1 N–H and O–H groups in total. The number of anilines is 1. The lowest BCUT2D eigenvalue weighted by molar-refractivity contribution is 0.122. The number of nitrogens with zero attached hydrogens (tertiary/aromatic N) is 3. The highest BCUT2D eigenvalue weighted by Crippen LogP contribution is 2.22. The molecule has 0 spiro atoms. The van der Waals surface area contributed by atoms with Crippen molar-refractivity contribution in [1.29, 1.82) is 0 Å². The van der Waals surface area contributed by atoms with E-state index < -0.39 is 6.43 Å². The van der Waals surface area contributed by atoms with Crippen LogP contribution in [0.2, 0.25) is 0 Å². The molecule has 1 aliphatic rings. The molecule has 0 aromatic carbocycles. The Labute approximate surface area is 112 Å². The van der Waals surface area contributed by atoms with Crippen molar-refractivity contribution in [2.75, 3.05) is 25.5 Å². The zero-order chi connectivity index (χ0) is 13.8. The van der Waals surface area contributed by atoms with Crippen LogP contribution in [0.3, 0.4) is 0 Å². The first-order valence-corrected chi connectivity index (χ1v) is 6.81. The van der Waals surface area contributed by atoms with Gasteiger partial charge in [0.05, 0.1) is 0 Å². The fourth-order valence-electron chi connectivity index (χ4n) is 2.56. The molecule has 0 bridgehead atoms. The van der Waals surface area contributed by atoms with Crippen molar-refractivity contribution < 1.29 is 8.78 Å². The van der Waals surface area contributed by atoms with E-state index in [2.05, 4.69) is 29.3 Å². The molecule has 0 radical (unpaired) electrons. The molecule has 1 aliphatic heterocycles. The van der Waals surface area contributed by atoms with E-state index in [1.54, 1.807) is 12.3 Å². The van der Waals surface area contributed by atoms with Gasteiger partial charge in [0.15, 0.2) is 0 Å². The molecule has 19 heavy (non-hydrogen) atoms. The zero-order valence-corrected chi connectivity index (χ0v) is 11.5. The van der Waals surface area contributed by atoms with Crippen molar-refractivity contribution in [1.82, 2.24) is 14.7 Å². The maximum absolute atomic E-state index is 12.2. The molecule has 2 heterocycles. The second kappa shape index (κ2) is 6.32. The number of hydrogen-bond acceptors (Lipinski definition) is 3. The van der Waals surface area contributed by atoms with Crippen LogP contribution in [-0.4, -0.2) is 47.3 Å². The third kappa shape index (κ3) is 4.16. The van der Waals surface area contributed by atoms with E-state index in [9.17, 15) is 8.78 Å². The van der Waals surface area contributed by atoms with Crippen LogP contribution in [0, 0.1) is 5.92 Å². The first kappa shape index (κ1) is 14.2. The predicted molar refractivity (Wildman–Crippen MR) is 71.5 cm³/mol. The summed E-state index contributed by atoms with van der Waals surface area (Å²) in [6.45, 7) is 4.04. The van der Waals surface area contributed by atoms with Gasteiger partial charge in [-0.1, -0.05) is 0 Å². The Balaban J connectivity index is 1.84. The van der Waals surface area contributed by atoms with E-state index in [0.717, 1.165) is 13.1 Å².